The van der Waals surface area contributed by atoms with Crippen molar-refractivity contribution in [1.82, 2.24) is 30.0 Å². The Bertz CT molecular complexity index is 840. The van der Waals surface area contributed by atoms with Gasteiger partial charge in [0.15, 0.2) is 0 Å². The van der Waals surface area contributed by atoms with Crippen molar-refractivity contribution in [3.8, 4) is 5.69 Å². The molecule has 0 spiro atoms. The fourth-order valence-electron chi connectivity index (χ4n) is 5.28. The van der Waals surface area contributed by atoms with Crippen LogP contribution in [-0.4, -0.2) is 81.2 Å². The zero-order chi connectivity index (χ0) is 20.3. The summed E-state index contributed by atoms with van der Waals surface area (Å²) in [6, 6.07) is 10.6. The Morgan fingerprint density at radius 2 is 1.67 bits per heavy atom. The number of benzene rings is 1. The lowest BCUT2D eigenvalue weighted by Gasteiger charge is -2.42. The van der Waals surface area contributed by atoms with Gasteiger partial charge in [-0.05, 0) is 67.6 Å². The van der Waals surface area contributed by atoms with Crippen molar-refractivity contribution in [2.45, 2.75) is 44.6 Å². The molecule has 1 amide bonds. The second-order valence-corrected chi connectivity index (χ2v) is 8.81. The van der Waals surface area contributed by atoms with E-state index in [1.54, 1.807) is 0 Å². The average Bonchev–Trinajstić information content (AvgIpc) is 3.52. The van der Waals surface area contributed by atoms with Gasteiger partial charge in [0.05, 0.1) is 11.6 Å². The quantitative estimate of drug-likeness (QED) is 0.769. The maximum atomic E-state index is 12.9. The van der Waals surface area contributed by atoms with Crippen LogP contribution < -0.4 is 4.90 Å². The van der Waals surface area contributed by atoms with Crippen LogP contribution >= 0.6 is 0 Å². The minimum absolute atomic E-state index is 0.195. The first kappa shape index (κ1) is 19.5. The Hall–Kier alpha value is -2.48. The number of piperidine rings is 2. The number of hydrogen-bond acceptors (Lipinski definition) is 6. The molecule has 4 heterocycles. The molecule has 3 aliphatic rings. The number of aromatic nitrogens is 4. The van der Waals surface area contributed by atoms with Gasteiger partial charge >= 0.3 is 0 Å². The summed E-state index contributed by atoms with van der Waals surface area (Å²) < 4.78 is 1.83. The van der Waals surface area contributed by atoms with Gasteiger partial charge < -0.3 is 9.80 Å². The standard InChI is InChI=1S/C22H31N7O/c30-21(26-12-4-5-13-26)18-7-6-14-28(17-18)19-10-15-27(16-11-19)22-23-24-25-29(22)20-8-2-1-3-9-20/h1-3,8-9,18-19H,4-7,10-17H2/t18-/m1/s1. The van der Waals surface area contributed by atoms with Crippen molar-refractivity contribution in [2.75, 3.05) is 44.2 Å². The van der Waals surface area contributed by atoms with Crippen LogP contribution in [-0.2, 0) is 4.79 Å². The van der Waals surface area contributed by atoms with E-state index in [4.69, 9.17) is 0 Å². The first-order chi connectivity index (χ1) is 14.8. The molecule has 0 N–H and O–H groups in total. The summed E-state index contributed by atoms with van der Waals surface area (Å²) in [5.41, 5.74) is 0.985. The van der Waals surface area contributed by atoms with Gasteiger partial charge in [0.2, 0.25) is 11.9 Å². The van der Waals surface area contributed by atoms with E-state index in [9.17, 15) is 4.79 Å². The average molecular weight is 410 g/mol. The summed E-state index contributed by atoms with van der Waals surface area (Å²) >= 11 is 0. The molecule has 0 aliphatic carbocycles. The highest BCUT2D eigenvalue weighted by Gasteiger charge is 2.34. The van der Waals surface area contributed by atoms with E-state index in [2.05, 4.69) is 30.2 Å². The minimum Gasteiger partial charge on any atom is -0.342 e. The fraction of sp³-hybridized carbons (Fsp3) is 0.636. The summed E-state index contributed by atoms with van der Waals surface area (Å²) in [5.74, 6) is 1.41. The molecule has 1 aromatic heterocycles. The van der Waals surface area contributed by atoms with E-state index in [-0.39, 0.29) is 5.92 Å². The minimum atomic E-state index is 0.195. The van der Waals surface area contributed by atoms with Crippen molar-refractivity contribution in [3.63, 3.8) is 0 Å². The molecule has 8 heteroatoms. The zero-order valence-corrected chi connectivity index (χ0v) is 17.6. The van der Waals surface area contributed by atoms with E-state index in [0.717, 1.165) is 76.6 Å². The van der Waals surface area contributed by atoms with Gasteiger partial charge in [-0.2, -0.15) is 4.68 Å². The predicted octanol–water partition coefficient (Wildman–Crippen LogP) is 1.97. The highest BCUT2D eigenvalue weighted by Crippen LogP contribution is 2.27. The van der Waals surface area contributed by atoms with Gasteiger partial charge in [0.1, 0.15) is 0 Å². The maximum absolute atomic E-state index is 12.9. The number of likely N-dealkylation sites (tertiary alicyclic amines) is 2. The third kappa shape index (κ3) is 3.93. The number of rotatable bonds is 4. The van der Waals surface area contributed by atoms with Crippen molar-refractivity contribution >= 4 is 11.9 Å². The number of hydrogen-bond donors (Lipinski definition) is 0. The summed E-state index contributed by atoms with van der Waals surface area (Å²) in [6.07, 6.45) is 6.71. The van der Waals surface area contributed by atoms with Gasteiger partial charge in [0.25, 0.3) is 0 Å². The maximum Gasteiger partial charge on any atom is 0.250 e. The Morgan fingerprint density at radius 1 is 0.900 bits per heavy atom. The number of amides is 1. The van der Waals surface area contributed by atoms with Crippen LogP contribution in [0, 0.1) is 5.92 Å². The van der Waals surface area contributed by atoms with Crippen LogP contribution in [0.1, 0.15) is 38.5 Å². The molecule has 8 nitrogen and oxygen atoms in total. The second kappa shape index (κ2) is 8.71. The van der Waals surface area contributed by atoms with Crippen molar-refractivity contribution in [1.29, 1.82) is 0 Å². The fourth-order valence-corrected chi connectivity index (χ4v) is 5.28. The highest BCUT2D eigenvalue weighted by atomic mass is 16.2. The van der Waals surface area contributed by atoms with Crippen LogP contribution in [0.15, 0.2) is 30.3 Å². The molecule has 0 bridgehead atoms. The predicted molar refractivity (Wildman–Crippen MR) is 115 cm³/mol. The molecule has 5 rings (SSSR count). The van der Waals surface area contributed by atoms with Crippen LogP contribution in [0.4, 0.5) is 5.95 Å². The SMILES string of the molecule is O=C([C@@H]1CCCN(C2CCN(c3nnnn3-c3ccccc3)CC2)C1)N1CCCC1. The monoisotopic (exact) mass is 409 g/mol. The lowest BCUT2D eigenvalue weighted by Crippen LogP contribution is -2.51. The van der Waals surface area contributed by atoms with E-state index in [1.165, 1.54) is 12.8 Å². The van der Waals surface area contributed by atoms with E-state index >= 15 is 0 Å². The van der Waals surface area contributed by atoms with Gasteiger partial charge in [0, 0.05) is 38.8 Å². The molecule has 30 heavy (non-hydrogen) atoms. The first-order valence-corrected chi connectivity index (χ1v) is 11.4. The zero-order valence-electron chi connectivity index (χ0n) is 17.6. The molecule has 3 saturated heterocycles. The third-order valence-corrected chi connectivity index (χ3v) is 6.94. The molecule has 160 valence electrons. The summed E-state index contributed by atoms with van der Waals surface area (Å²) in [6.45, 7) is 5.86. The molecule has 0 radical (unpaired) electrons. The Balaban J connectivity index is 1.19. The van der Waals surface area contributed by atoms with Crippen LogP contribution in [0.2, 0.25) is 0 Å². The lowest BCUT2D eigenvalue weighted by molar-refractivity contribution is -0.136. The Morgan fingerprint density at radius 3 is 2.43 bits per heavy atom. The molecular formula is C22H31N7O. The molecule has 3 aliphatic heterocycles. The summed E-state index contributed by atoms with van der Waals surface area (Å²) in [7, 11) is 0. The van der Waals surface area contributed by atoms with Crippen LogP contribution in [0.3, 0.4) is 0 Å². The number of carbonyl (C=O) groups excluding carboxylic acids is 1. The number of tetrazole rings is 1. The molecule has 1 atom stereocenters. The van der Waals surface area contributed by atoms with Crippen LogP contribution in [0.25, 0.3) is 5.69 Å². The largest absolute Gasteiger partial charge is 0.342 e. The summed E-state index contributed by atoms with van der Waals surface area (Å²) in [4.78, 5) is 19.8. The van der Waals surface area contributed by atoms with Gasteiger partial charge in [-0.1, -0.05) is 23.3 Å². The van der Waals surface area contributed by atoms with E-state index in [1.807, 2.05) is 35.0 Å². The summed E-state index contributed by atoms with van der Waals surface area (Å²) in [5, 5.41) is 12.4. The lowest BCUT2D eigenvalue weighted by atomic mass is 9.93. The Labute approximate surface area is 177 Å². The number of para-hydroxylation sites is 1. The molecular weight excluding hydrogens is 378 g/mol. The molecule has 3 fully saturated rings. The van der Waals surface area contributed by atoms with Crippen molar-refractivity contribution < 1.29 is 4.79 Å². The number of nitrogens with zero attached hydrogens (tertiary/aromatic N) is 7. The number of anilines is 1. The van der Waals surface area contributed by atoms with Gasteiger partial charge in [-0.15, -0.1) is 0 Å². The highest BCUT2D eigenvalue weighted by molar-refractivity contribution is 5.79. The second-order valence-electron chi connectivity index (χ2n) is 8.81. The van der Waals surface area contributed by atoms with E-state index in [0.29, 0.717) is 11.9 Å². The number of carbonyl (C=O) groups is 1. The van der Waals surface area contributed by atoms with Crippen LogP contribution in [0.5, 0.6) is 0 Å². The van der Waals surface area contributed by atoms with E-state index < -0.39 is 0 Å². The molecule has 0 unspecified atom stereocenters. The topological polar surface area (TPSA) is 70.4 Å². The van der Waals surface area contributed by atoms with Gasteiger partial charge in [-0.3, -0.25) is 9.69 Å². The van der Waals surface area contributed by atoms with Gasteiger partial charge in [-0.25, -0.2) is 0 Å². The van der Waals surface area contributed by atoms with Crippen molar-refractivity contribution in [3.05, 3.63) is 30.3 Å². The molecule has 0 saturated carbocycles. The molecule has 2 aromatic rings. The normalized spacial score (nSPS) is 23.8. The Kier molecular flexibility index (Phi) is 5.66. The molecule has 1 aromatic carbocycles. The third-order valence-electron chi connectivity index (χ3n) is 6.94. The van der Waals surface area contributed by atoms with Crippen molar-refractivity contribution in [2.24, 2.45) is 5.92 Å². The first-order valence-electron chi connectivity index (χ1n) is 11.4. The smallest absolute Gasteiger partial charge is 0.250 e.